The molecule has 2 heterocycles. The Morgan fingerprint density at radius 3 is 2.35 bits per heavy atom. The molecular weight excluding hydrogens is 436 g/mol. The van der Waals surface area contributed by atoms with E-state index in [4.69, 9.17) is 16.7 Å². The van der Waals surface area contributed by atoms with Gasteiger partial charge < -0.3 is 4.57 Å². The van der Waals surface area contributed by atoms with E-state index in [0.29, 0.717) is 22.0 Å². The maximum absolute atomic E-state index is 13.1. The number of halogens is 1. The lowest BCUT2D eigenvalue weighted by atomic mass is 10.1. The Morgan fingerprint density at radius 1 is 1.03 bits per heavy atom. The van der Waals surface area contributed by atoms with Crippen molar-refractivity contribution in [1.82, 2.24) is 4.57 Å². The van der Waals surface area contributed by atoms with Gasteiger partial charge in [0.05, 0.1) is 21.9 Å². The molecule has 0 fully saturated rings. The Bertz CT molecular complexity index is 1360. The standard InChI is InChI=1S/C22H19ClN4O3S/c1-14-5-6-18(13-21(14)23)27-22(28)20(15(2)25-27)12-17-4-3-11-26(17)16-7-9-19(10-8-16)31(24,29)30/h3-13H,1-2H3,(H2,24,29,30)/b20-12-. The molecule has 1 amide bonds. The van der Waals surface area contributed by atoms with Crippen LogP contribution in [0.3, 0.4) is 0 Å². The number of hydrazone groups is 1. The number of carbonyl (C=O) groups is 1. The van der Waals surface area contributed by atoms with Crippen molar-refractivity contribution in [2.45, 2.75) is 18.7 Å². The van der Waals surface area contributed by atoms with Crippen molar-refractivity contribution in [2.24, 2.45) is 10.2 Å². The summed E-state index contributed by atoms with van der Waals surface area (Å²) >= 11 is 6.21. The van der Waals surface area contributed by atoms with E-state index < -0.39 is 10.0 Å². The van der Waals surface area contributed by atoms with E-state index in [-0.39, 0.29) is 10.8 Å². The lowest BCUT2D eigenvalue weighted by Crippen LogP contribution is -2.21. The molecule has 1 aliphatic rings. The van der Waals surface area contributed by atoms with Gasteiger partial charge >= 0.3 is 0 Å². The van der Waals surface area contributed by atoms with Crippen molar-refractivity contribution in [3.8, 4) is 5.69 Å². The number of anilines is 1. The van der Waals surface area contributed by atoms with Crippen LogP contribution >= 0.6 is 11.6 Å². The van der Waals surface area contributed by atoms with Crippen LogP contribution in [0.1, 0.15) is 18.2 Å². The molecule has 4 rings (SSSR count). The first-order chi connectivity index (χ1) is 14.6. The number of aryl methyl sites for hydroxylation is 1. The van der Waals surface area contributed by atoms with E-state index in [0.717, 1.165) is 16.9 Å². The third-order valence-corrected chi connectivity index (χ3v) is 6.31. The molecule has 0 unspecified atom stereocenters. The zero-order valence-corrected chi connectivity index (χ0v) is 18.4. The molecule has 9 heteroatoms. The highest BCUT2D eigenvalue weighted by Crippen LogP contribution is 2.29. The van der Waals surface area contributed by atoms with Crippen molar-refractivity contribution in [2.75, 3.05) is 5.01 Å². The van der Waals surface area contributed by atoms with Crippen LogP contribution in [0, 0.1) is 6.92 Å². The smallest absolute Gasteiger partial charge is 0.280 e. The van der Waals surface area contributed by atoms with Crippen molar-refractivity contribution in [3.63, 3.8) is 0 Å². The molecule has 1 aliphatic heterocycles. The minimum atomic E-state index is -3.77. The van der Waals surface area contributed by atoms with Crippen molar-refractivity contribution >= 4 is 45.0 Å². The summed E-state index contributed by atoms with van der Waals surface area (Å²) in [5.41, 5.74) is 4.02. The number of aromatic nitrogens is 1. The fourth-order valence-electron chi connectivity index (χ4n) is 3.26. The molecule has 1 aromatic heterocycles. The zero-order valence-electron chi connectivity index (χ0n) is 16.8. The third-order valence-electron chi connectivity index (χ3n) is 4.98. The van der Waals surface area contributed by atoms with Gasteiger partial charge in [-0.05, 0) is 74.0 Å². The van der Waals surface area contributed by atoms with Crippen molar-refractivity contribution in [3.05, 3.63) is 82.6 Å². The predicted molar refractivity (Wildman–Crippen MR) is 122 cm³/mol. The van der Waals surface area contributed by atoms with Crippen molar-refractivity contribution in [1.29, 1.82) is 0 Å². The van der Waals surface area contributed by atoms with Gasteiger partial charge in [-0.15, -0.1) is 0 Å². The number of hydrogen-bond donors (Lipinski definition) is 1. The first kappa shape index (κ1) is 21.0. The monoisotopic (exact) mass is 454 g/mol. The molecule has 7 nitrogen and oxygen atoms in total. The summed E-state index contributed by atoms with van der Waals surface area (Å²) < 4.78 is 24.8. The fraction of sp³-hybridized carbons (Fsp3) is 0.0909. The van der Waals surface area contributed by atoms with Crippen LogP contribution < -0.4 is 10.1 Å². The maximum atomic E-state index is 13.1. The van der Waals surface area contributed by atoms with E-state index in [1.54, 1.807) is 37.3 Å². The lowest BCUT2D eigenvalue weighted by molar-refractivity contribution is -0.114. The Kier molecular flexibility index (Phi) is 5.30. The van der Waals surface area contributed by atoms with Crippen LogP contribution in [0.15, 0.2) is 76.4 Å². The normalized spacial score (nSPS) is 15.6. The second-order valence-corrected chi connectivity index (χ2v) is 9.10. The van der Waals surface area contributed by atoms with Gasteiger partial charge in [-0.1, -0.05) is 17.7 Å². The topological polar surface area (TPSA) is 97.8 Å². The lowest BCUT2D eigenvalue weighted by Gasteiger charge is -2.13. The summed E-state index contributed by atoms with van der Waals surface area (Å²) in [7, 11) is -3.77. The zero-order chi connectivity index (χ0) is 22.3. The van der Waals surface area contributed by atoms with Crippen LogP contribution in [0.2, 0.25) is 5.02 Å². The summed E-state index contributed by atoms with van der Waals surface area (Å²) in [5.74, 6) is -0.255. The predicted octanol–water partition coefficient (Wildman–Crippen LogP) is 3.89. The Labute approximate surface area is 185 Å². The minimum absolute atomic E-state index is 0.0321. The summed E-state index contributed by atoms with van der Waals surface area (Å²) in [4.78, 5) is 13.1. The first-order valence-electron chi connectivity index (χ1n) is 9.33. The highest BCUT2D eigenvalue weighted by molar-refractivity contribution is 7.89. The van der Waals surface area contributed by atoms with Crippen molar-refractivity contribution < 1.29 is 13.2 Å². The van der Waals surface area contributed by atoms with Gasteiger partial charge in [0.15, 0.2) is 0 Å². The molecule has 0 spiro atoms. The highest BCUT2D eigenvalue weighted by Gasteiger charge is 2.29. The second-order valence-electron chi connectivity index (χ2n) is 7.14. The second kappa shape index (κ2) is 7.81. The van der Waals surface area contributed by atoms with Crippen LogP contribution in [0.25, 0.3) is 11.8 Å². The van der Waals surface area contributed by atoms with E-state index in [1.165, 1.54) is 17.1 Å². The van der Waals surface area contributed by atoms with Crippen LogP contribution in [-0.4, -0.2) is 24.6 Å². The number of nitrogens with two attached hydrogens (primary N) is 1. The molecule has 0 atom stereocenters. The SMILES string of the molecule is CC1=NN(c2ccc(C)c(Cl)c2)C(=O)/C1=C\c1cccn1-c1ccc(S(N)(=O)=O)cc1. The van der Waals surface area contributed by atoms with Crippen LogP contribution in [-0.2, 0) is 14.8 Å². The number of sulfonamides is 1. The molecule has 0 aliphatic carbocycles. The molecule has 2 aromatic carbocycles. The third kappa shape index (κ3) is 4.05. The molecule has 31 heavy (non-hydrogen) atoms. The van der Waals surface area contributed by atoms with E-state index in [2.05, 4.69) is 5.10 Å². The summed E-state index contributed by atoms with van der Waals surface area (Å²) in [6, 6.07) is 15.2. The quantitative estimate of drug-likeness (QED) is 0.605. The number of hydrogen-bond acceptors (Lipinski definition) is 4. The van der Waals surface area contributed by atoms with E-state index in [9.17, 15) is 13.2 Å². The number of amides is 1. The Balaban J connectivity index is 1.67. The van der Waals surface area contributed by atoms with Gasteiger partial charge in [0.25, 0.3) is 5.91 Å². The largest absolute Gasteiger partial charge is 0.317 e. The van der Waals surface area contributed by atoms with Gasteiger partial charge in [-0.2, -0.15) is 10.1 Å². The van der Waals surface area contributed by atoms with Crippen LogP contribution in [0.4, 0.5) is 5.69 Å². The summed E-state index contributed by atoms with van der Waals surface area (Å²) in [6.45, 7) is 3.66. The number of nitrogens with zero attached hydrogens (tertiary/aromatic N) is 3. The number of primary sulfonamides is 1. The first-order valence-corrected chi connectivity index (χ1v) is 11.3. The molecular formula is C22H19ClN4O3S. The van der Waals surface area contributed by atoms with E-state index in [1.807, 2.05) is 35.9 Å². The molecule has 0 saturated heterocycles. The molecule has 158 valence electrons. The van der Waals surface area contributed by atoms with E-state index >= 15 is 0 Å². The van der Waals surface area contributed by atoms with Gasteiger partial charge in [-0.3, -0.25) is 4.79 Å². The number of benzene rings is 2. The number of rotatable bonds is 4. The Morgan fingerprint density at radius 2 is 1.71 bits per heavy atom. The average Bonchev–Trinajstić information content (AvgIpc) is 3.29. The summed E-state index contributed by atoms with van der Waals surface area (Å²) in [6.07, 6.45) is 3.58. The summed E-state index contributed by atoms with van der Waals surface area (Å²) in [5, 5.41) is 11.5. The maximum Gasteiger partial charge on any atom is 0.280 e. The number of carbonyl (C=O) groups excluding carboxylic acids is 1. The van der Waals surface area contributed by atoms with Crippen LogP contribution in [0.5, 0.6) is 0 Å². The average molecular weight is 455 g/mol. The molecule has 0 saturated carbocycles. The molecule has 2 N–H and O–H groups in total. The fourth-order valence-corrected chi connectivity index (χ4v) is 3.95. The molecule has 3 aromatic rings. The van der Waals surface area contributed by atoms with Gasteiger partial charge in [0.2, 0.25) is 10.0 Å². The van der Waals surface area contributed by atoms with Gasteiger partial charge in [-0.25, -0.2) is 13.6 Å². The molecule has 0 radical (unpaired) electrons. The highest BCUT2D eigenvalue weighted by atomic mass is 35.5. The van der Waals surface area contributed by atoms with Gasteiger partial charge in [0.1, 0.15) is 0 Å². The van der Waals surface area contributed by atoms with Gasteiger partial charge in [0, 0.05) is 22.6 Å². The Hall–Kier alpha value is -3.20. The minimum Gasteiger partial charge on any atom is -0.317 e. The molecule has 0 bridgehead atoms.